The van der Waals surface area contributed by atoms with Gasteiger partial charge in [-0.05, 0) is 29.0 Å². The third kappa shape index (κ3) is 4.97. The minimum absolute atomic E-state index is 0.0520. The van der Waals surface area contributed by atoms with Crippen molar-refractivity contribution in [1.82, 2.24) is 14.9 Å². The van der Waals surface area contributed by atoms with Gasteiger partial charge in [0.05, 0.1) is 5.39 Å². The first-order valence-electron chi connectivity index (χ1n) is 9.46. The third-order valence-corrected chi connectivity index (χ3v) is 5.46. The molecule has 1 amide bonds. The first kappa shape index (κ1) is 19.1. The van der Waals surface area contributed by atoms with Crippen molar-refractivity contribution in [3.8, 4) is 5.88 Å². The van der Waals surface area contributed by atoms with Crippen molar-refractivity contribution in [2.75, 3.05) is 13.2 Å². The van der Waals surface area contributed by atoms with Gasteiger partial charge in [-0.1, -0.05) is 60.7 Å². The molecule has 29 heavy (non-hydrogen) atoms. The molecule has 6 heteroatoms. The van der Waals surface area contributed by atoms with Gasteiger partial charge in [-0.3, -0.25) is 4.79 Å². The SMILES string of the molecule is O=C(COc1ncnc2sccc12)N(CCc1ccccc1)Cc1ccccc1. The van der Waals surface area contributed by atoms with Crippen molar-refractivity contribution in [3.63, 3.8) is 0 Å². The molecule has 0 radical (unpaired) electrons. The first-order valence-corrected chi connectivity index (χ1v) is 10.3. The minimum atomic E-state index is -0.0632. The van der Waals surface area contributed by atoms with Crippen LogP contribution in [-0.4, -0.2) is 33.9 Å². The number of aromatic nitrogens is 2. The summed E-state index contributed by atoms with van der Waals surface area (Å²) in [5.74, 6) is 0.388. The predicted molar refractivity (Wildman–Crippen MR) is 115 cm³/mol. The van der Waals surface area contributed by atoms with Crippen LogP contribution in [0.3, 0.4) is 0 Å². The highest BCUT2D eigenvalue weighted by Gasteiger charge is 2.16. The predicted octanol–water partition coefficient (Wildman–Crippen LogP) is 4.34. The van der Waals surface area contributed by atoms with Gasteiger partial charge in [0.2, 0.25) is 5.88 Å². The summed E-state index contributed by atoms with van der Waals surface area (Å²) in [5, 5.41) is 2.78. The molecular formula is C23H21N3O2S. The van der Waals surface area contributed by atoms with E-state index in [9.17, 15) is 4.79 Å². The lowest BCUT2D eigenvalue weighted by atomic mass is 10.1. The van der Waals surface area contributed by atoms with E-state index in [1.165, 1.54) is 23.2 Å². The molecule has 0 aliphatic rings. The van der Waals surface area contributed by atoms with E-state index < -0.39 is 0 Å². The van der Waals surface area contributed by atoms with Gasteiger partial charge in [-0.15, -0.1) is 11.3 Å². The molecule has 0 N–H and O–H groups in total. The Labute approximate surface area is 173 Å². The number of rotatable bonds is 8. The molecule has 0 saturated carbocycles. The van der Waals surface area contributed by atoms with Gasteiger partial charge < -0.3 is 9.64 Å². The zero-order valence-electron chi connectivity index (χ0n) is 15.9. The molecular weight excluding hydrogens is 382 g/mol. The van der Waals surface area contributed by atoms with Crippen LogP contribution in [0.2, 0.25) is 0 Å². The maximum Gasteiger partial charge on any atom is 0.260 e. The highest BCUT2D eigenvalue weighted by molar-refractivity contribution is 7.16. The minimum Gasteiger partial charge on any atom is -0.467 e. The maximum atomic E-state index is 13.0. The van der Waals surface area contributed by atoms with Gasteiger partial charge in [0.25, 0.3) is 5.91 Å². The normalized spacial score (nSPS) is 10.8. The molecule has 0 aliphatic heterocycles. The van der Waals surface area contributed by atoms with Crippen LogP contribution in [0.15, 0.2) is 78.4 Å². The fourth-order valence-electron chi connectivity index (χ4n) is 3.11. The summed E-state index contributed by atoms with van der Waals surface area (Å²) >= 11 is 1.52. The van der Waals surface area contributed by atoms with Gasteiger partial charge in [-0.2, -0.15) is 0 Å². The first-order chi connectivity index (χ1) is 14.3. The van der Waals surface area contributed by atoms with Crippen molar-refractivity contribution in [1.29, 1.82) is 0 Å². The summed E-state index contributed by atoms with van der Waals surface area (Å²) in [6.45, 7) is 1.12. The molecule has 4 rings (SSSR count). The van der Waals surface area contributed by atoms with Crippen molar-refractivity contribution < 1.29 is 9.53 Å². The topological polar surface area (TPSA) is 55.3 Å². The average molecular weight is 404 g/mol. The Kier molecular flexibility index (Phi) is 6.12. The number of amides is 1. The fraction of sp³-hybridized carbons (Fsp3) is 0.174. The number of fused-ring (bicyclic) bond motifs is 1. The van der Waals surface area contributed by atoms with Crippen molar-refractivity contribution in [2.45, 2.75) is 13.0 Å². The lowest BCUT2D eigenvalue weighted by Crippen LogP contribution is -2.36. The molecule has 2 heterocycles. The van der Waals surface area contributed by atoms with Crippen LogP contribution < -0.4 is 4.74 Å². The molecule has 0 saturated heterocycles. The Morgan fingerprint density at radius 3 is 2.41 bits per heavy atom. The van der Waals surface area contributed by atoms with Crippen LogP contribution >= 0.6 is 11.3 Å². The lowest BCUT2D eigenvalue weighted by Gasteiger charge is -2.23. The Balaban J connectivity index is 1.45. The van der Waals surface area contributed by atoms with Crippen molar-refractivity contribution >= 4 is 27.5 Å². The number of carbonyl (C=O) groups is 1. The van der Waals surface area contributed by atoms with E-state index >= 15 is 0 Å². The van der Waals surface area contributed by atoms with E-state index in [1.807, 2.05) is 64.9 Å². The van der Waals surface area contributed by atoms with E-state index in [4.69, 9.17) is 4.74 Å². The molecule has 146 valence electrons. The van der Waals surface area contributed by atoms with Crippen LogP contribution in [0.1, 0.15) is 11.1 Å². The zero-order chi connectivity index (χ0) is 19.9. The number of hydrogen-bond acceptors (Lipinski definition) is 5. The van der Waals surface area contributed by atoms with E-state index in [2.05, 4.69) is 22.1 Å². The van der Waals surface area contributed by atoms with Gasteiger partial charge in [0.1, 0.15) is 11.2 Å². The van der Waals surface area contributed by atoms with Crippen LogP contribution in [0.5, 0.6) is 5.88 Å². The maximum absolute atomic E-state index is 13.0. The Morgan fingerprint density at radius 1 is 0.931 bits per heavy atom. The summed E-state index contributed by atoms with van der Waals surface area (Å²) in [6.07, 6.45) is 2.26. The number of benzene rings is 2. The van der Waals surface area contributed by atoms with Gasteiger partial charge in [0, 0.05) is 13.1 Å². The zero-order valence-corrected chi connectivity index (χ0v) is 16.7. The number of hydrogen-bond donors (Lipinski definition) is 0. The molecule has 0 fully saturated rings. The third-order valence-electron chi connectivity index (χ3n) is 4.64. The molecule has 4 aromatic rings. The monoisotopic (exact) mass is 403 g/mol. The van der Waals surface area contributed by atoms with E-state index in [0.29, 0.717) is 19.0 Å². The molecule has 0 unspecified atom stereocenters. The summed E-state index contributed by atoms with van der Waals surface area (Å²) in [5.41, 5.74) is 2.30. The van der Waals surface area contributed by atoms with Crippen LogP contribution in [0, 0.1) is 0 Å². The summed E-state index contributed by atoms with van der Waals surface area (Å²) in [7, 11) is 0. The molecule has 2 aromatic heterocycles. The molecule has 2 aromatic carbocycles. The molecule has 5 nitrogen and oxygen atoms in total. The lowest BCUT2D eigenvalue weighted by molar-refractivity contribution is -0.134. The highest BCUT2D eigenvalue weighted by Crippen LogP contribution is 2.25. The number of ether oxygens (including phenoxy) is 1. The largest absolute Gasteiger partial charge is 0.467 e. The Bertz CT molecular complexity index is 1070. The summed E-state index contributed by atoms with van der Waals surface area (Å²) in [4.78, 5) is 24.1. The molecule has 0 bridgehead atoms. The molecule has 0 aliphatic carbocycles. The smallest absolute Gasteiger partial charge is 0.260 e. The second-order valence-corrected chi connectivity index (χ2v) is 7.54. The quantitative estimate of drug-likeness (QED) is 0.439. The van der Waals surface area contributed by atoms with Gasteiger partial charge >= 0.3 is 0 Å². The second-order valence-electron chi connectivity index (χ2n) is 6.64. The molecule has 0 atom stereocenters. The summed E-state index contributed by atoms with van der Waals surface area (Å²) in [6, 6.07) is 22.1. The van der Waals surface area contributed by atoms with Crippen molar-refractivity contribution in [3.05, 3.63) is 89.6 Å². The van der Waals surface area contributed by atoms with Crippen LogP contribution in [-0.2, 0) is 17.8 Å². The van der Waals surface area contributed by atoms with E-state index in [-0.39, 0.29) is 12.5 Å². The van der Waals surface area contributed by atoms with E-state index in [1.54, 1.807) is 0 Å². The second kappa shape index (κ2) is 9.30. The Hall–Kier alpha value is -3.25. The van der Waals surface area contributed by atoms with Gasteiger partial charge in [-0.25, -0.2) is 9.97 Å². The highest BCUT2D eigenvalue weighted by atomic mass is 32.1. The Morgan fingerprint density at radius 2 is 1.66 bits per heavy atom. The van der Waals surface area contributed by atoms with Gasteiger partial charge in [0.15, 0.2) is 6.61 Å². The van der Waals surface area contributed by atoms with E-state index in [0.717, 1.165) is 22.2 Å². The standard InChI is InChI=1S/C23H21N3O2S/c27-21(16-28-22-20-12-14-29-23(20)25-17-24-22)26(15-19-9-5-2-6-10-19)13-11-18-7-3-1-4-8-18/h1-10,12,14,17H,11,13,15-16H2. The fourth-order valence-corrected chi connectivity index (χ4v) is 3.83. The van der Waals surface area contributed by atoms with Crippen molar-refractivity contribution in [2.24, 2.45) is 0 Å². The average Bonchev–Trinajstić information content (AvgIpc) is 3.26. The number of thiophene rings is 1. The number of nitrogens with zero attached hydrogens (tertiary/aromatic N) is 3. The van der Waals surface area contributed by atoms with Crippen LogP contribution in [0.25, 0.3) is 10.2 Å². The molecule has 0 spiro atoms. The number of carbonyl (C=O) groups excluding carboxylic acids is 1. The van der Waals surface area contributed by atoms with Crippen LogP contribution in [0.4, 0.5) is 0 Å². The summed E-state index contributed by atoms with van der Waals surface area (Å²) < 4.78 is 5.77.